The third kappa shape index (κ3) is 3.99. The molecule has 2 amide bonds. The lowest BCUT2D eigenvalue weighted by Crippen LogP contribution is -2.35. The minimum Gasteiger partial charge on any atom is -0.495 e. The summed E-state index contributed by atoms with van der Waals surface area (Å²) in [4.78, 5) is 26.7. The topological polar surface area (TPSA) is 89.3 Å². The van der Waals surface area contributed by atoms with Crippen molar-refractivity contribution in [1.29, 1.82) is 0 Å². The van der Waals surface area contributed by atoms with Crippen molar-refractivity contribution in [2.75, 3.05) is 23.9 Å². The fraction of sp³-hybridized carbons (Fsp3) is 0.238. The van der Waals surface area contributed by atoms with E-state index in [-0.39, 0.29) is 11.6 Å². The van der Waals surface area contributed by atoms with Crippen LogP contribution in [-0.4, -0.2) is 40.5 Å². The SMILES string of the molecule is COc1ccc(NC(=O)c2cn(-c3ccccc3Cl)nn2)cc1N1CCCCC1=O. The Labute approximate surface area is 178 Å². The lowest BCUT2D eigenvalue weighted by Gasteiger charge is -2.28. The summed E-state index contributed by atoms with van der Waals surface area (Å²) in [6.45, 7) is 0.624. The van der Waals surface area contributed by atoms with Gasteiger partial charge in [0.15, 0.2) is 5.69 Å². The second-order valence-corrected chi connectivity index (χ2v) is 7.25. The van der Waals surface area contributed by atoms with Crippen LogP contribution in [0.2, 0.25) is 5.02 Å². The summed E-state index contributed by atoms with van der Waals surface area (Å²) in [6.07, 6.45) is 3.83. The van der Waals surface area contributed by atoms with E-state index in [1.807, 2.05) is 12.1 Å². The Hall–Kier alpha value is -3.39. The van der Waals surface area contributed by atoms with Crippen LogP contribution in [-0.2, 0) is 4.79 Å². The van der Waals surface area contributed by atoms with Crippen molar-refractivity contribution in [3.05, 3.63) is 59.4 Å². The average molecular weight is 426 g/mol. The number of amides is 2. The van der Waals surface area contributed by atoms with E-state index in [0.29, 0.717) is 40.8 Å². The van der Waals surface area contributed by atoms with Crippen LogP contribution in [0, 0.1) is 0 Å². The minimum absolute atomic E-state index is 0.0470. The molecule has 30 heavy (non-hydrogen) atoms. The number of ether oxygens (including phenoxy) is 1. The summed E-state index contributed by atoms with van der Waals surface area (Å²) in [5.41, 5.74) is 1.93. The molecule has 0 aliphatic carbocycles. The van der Waals surface area contributed by atoms with Crippen molar-refractivity contribution < 1.29 is 14.3 Å². The van der Waals surface area contributed by atoms with Crippen LogP contribution in [0.5, 0.6) is 5.75 Å². The number of piperidine rings is 1. The lowest BCUT2D eigenvalue weighted by atomic mass is 10.1. The molecule has 0 saturated carbocycles. The van der Waals surface area contributed by atoms with E-state index in [1.165, 1.54) is 10.9 Å². The number of halogens is 1. The monoisotopic (exact) mass is 425 g/mol. The Kier molecular flexibility index (Phi) is 5.67. The molecule has 2 heterocycles. The number of hydrogen-bond donors (Lipinski definition) is 1. The zero-order valence-electron chi connectivity index (χ0n) is 16.3. The molecule has 1 aliphatic heterocycles. The van der Waals surface area contributed by atoms with Gasteiger partial charge in [-0.05, 0) is 43.2 Å². The number of hydrogen-bond acceptors (Lipinski definition) is 5. The van der Waals surface area contributed by atoms with Crippen LogP contribution in [0.15, 0.2) is 48.7 Å². The number of carbonyl (C=O) groups is 2. The lowest BCUT2D eigenvalue weighted by molar-refractivity contribution is -0.119. The van der Waals surface area contributed by atoms with Gasteiger partial charge in [-0.2, -0.15) is 0 Å². The molecule has 4 rings (SSSR count). The first-order valence-corrected chi connectivity index (χ1v) is 9.91. The molecule has 2 aromatic carbocycles. The Morgan fingerprint density at radius 3 is 2.77 bits per heavy atom. The van der Waals surface area contributed by atoms with Crippen molar-refractivity contribution in [2.24, 2.45) is 0 Å². The smallest absolute Gasteiger partial charge is 0.277 e. The maximum atomic E-state index is 12.7. The molecule has 154 valence electrons. The first kappa shape index (κ1) is 19.9. The quantitative estimate of drug-likeness (QED) is 0.673. The summed E-state index contributed by atoms with van der Waals surface area (Å²) in [5.74, 6) is 0.202. The fourth-order valence-corrected chi connectivity index (χ4v) is 3.58. The first-order valence-electron chi connectivity index (χ1n) is 9.54. The normalized spacial score (nSPS) is 13.9. The highest BCUT2D eigenvalue weighted by Crippen LogP contribution is 2.33. The second-order valence-electron chi connectivity index (χ2n) is 6.84. The molecule has 0 bridgehead atoms. The van der Waals surface area contributed by atoms with Crippen LogP contribution in [0.25, 0.3) is 5.69 Å². The van der Waals surface area contributed by atoms with Crippen molar-refractivity contribution in [2.45, 2.75) is 19.3 Å². The zero-order valence-corrected chi connectivity index (χ0v) is 17.1. The van der Waals surface area contributed by atoms with Gasteiger partial charge < -0.3 is 15.0 Å². The number of benzene rings is 2. The predicted molar refractivity (Wildman–Crippen MR) is 114 cm³/mol. The summed E-state index contributed by atoms with van der Waals surface area (Å²) in [6, 6.07) is 12.3. The molecule has 1 aromatic heterocycles. The molecule has 0 radical (unpaired) electrons. The van der Waals surface area contributed by atoms with Gasteiger partial charge in [-0.15, -0.1) is 5.10 Å². The number of carbonyl (C=O) groups excluding carboxylic acids is 2. The number of para-hydroxylation sites is 1. The molecular weight excluding hydrogens is 406 g/mol. The summed E-state index contributed by atoms with van der Waals surface area (Å²) in [5, 5.41) is 11.2. The van der Waals surface area contributed by atoms with Crippen molar-refractivity contribution >= 4 is 34.8 Å². The van der Waals surface area contributed by atoms with Gasteiger partial charge in [-0.25, -0.2) is 4.68 Å². The van der Waals surface area contributed by atoms with Gasteiger partial charge in [-0.1, -0.05) is 28.9 Å². The van der Waals surface area contributed by atoms with Gasteiger partial charge in [0.1, 0.15) is 5.75 Å². The standard InChI is InChI=1S/C21H20ClN5O3/c1-30-19-10-9-14(12-18(19)26-11-5-4-8-20(26)28)23-21(29)16-13-27(25-24-16)17-7-3-2-6-15(17)22/h2-3,6-7,9-10,12-13H,4-5,8,11H2,1H3,(H,23,29). The Morgan fingerprint density at radius 1 is 1.17 bits per heavy atom. The van der Waals surface area contributed by atoms with E-state index in [9.17, 15) is 9.59 Å². The number of rotatable bonds is 5. The third-order valence-corrected chi connectivity index (χ3v) is 5.20. The molecule has 1 saturated heterocycles. The molecular formula is C21H20ClN5O3. The van der Waals surface area contributed by atoms with Crippen molar-refractivity contribution in [3.63, 3.8) is 0 Å². The van der Waals surface area contributed by atoms with Crippen LogP contribution in [0.3, 0.4) is 0 Å². The largest absolute Gasteiger partial charge is 0.495 e. The van der Waals surface area contributed by atoms with Crippen LogP contribution < -0.4 is 15.0 Å². The summed E-state index contributed by atoms with van der Waals surface area (Å²) >= 11 is 6.18. The number of nitrogens with zero attached hydrogens (tertiary/aromatic N) is 4. The minimum atomic E-state index is -0.422. The summed E-state index contributed by atoms with van der Waals surface area (Å²) < 4.78 is 6.86. The van der Waals surface area contributed by atoms with Crippen LogP contribution in [0.1, 0.15) is 29.8 Å². The van der Waals surface area contributed by atoms with E-state index in [1.54, 1.807) is 42.3 Å². The van der Waals surface area contributed by atoms with Crippen LogP contribution >= 0.6 is 11.6 Å². The van der Waals surface area contributed by atoms with Crippen molar-refractivity contribution in [1.82, 2.24) is 15.0 Å². The molecule has 3 aromatic rings. The Balaban J connectivity index is 1.56. The molecule has 1 fully saturated rings. The van der Waals surface area contributed by atoms with E-state index in [0.717, 1.165) is 12.8 Å². The number of methoxy groups -OCH3 is 1. The first-order chi connectivity index (χ1) is 14.6. The molecule has 1 N–H and O–H groups in total. The fourth-order valence-electron chi connectivity index (χ4n) is 3.36. The molecule has 1 aliphatic rings. The van der Waals surface area contributed by atoms with E-state index in [2.05, 4.69) is 15.6 Å². The van der Waals surface area contributed by atoms with Gasteiger partial charge in [0.05, 0.1) is 29.7 Å². The molecule has 0 unspecified atom stereocenters. The zero-order chi connectivity index (χ0) is 21.1. The van der Waals surface area contributed by atoms with Gasteiger partial charge >= 0.3 is 0 Å². The molecule has 8 nitrogen and oxygen atoms in total. The maximum absolute atomic E-state index is 12.7. The number of aromatic nitrogens is 3. The average Bonchev–Trinajstić information content (AvgIpc) is 3.24. The van der Waals surface area contributed by atoms with Gasteiger partial charge in [0.2, 0.25) is 5.91 Å². The highest BCUT2D eigenvalue weighted by molar-refractivity contribution is 6.32. The molecule has 0 spiro atoms. The van der Waals surface area contributed by atoms with Crippen molar-refractivity contribution in [3.8, 4) is 11.4 Å². The van der Waals surface area contributed by atoms with E-state index < -0.39 is 5.91 Å². The Bertz CT molecular complexity index is 1100. The Morgan fingerprint density at radius 2 is 2.00 bits per heavy atom. The van der Waals surface area contributed by atoms with Crippen LogP contribution in [0.4, 0.5) is 11.4 Å². The molecule has 9 heteroatoms. The van der Waals surface area contributed by atoms with E-state index in [4.69, 9.17) is 16.3 Å². The number of anilines is 2. The van der Waals surface area contributed by atoms with Gasteiger partial charge in [0.25, 0.3) is 5.91 Å². The molecule has 0 atom stereocenters. The van der Waals surface area contributed by atoms with E-state index >= 15 is 0 Å². The van der Waals surface area contributed by atoms with Gasteiger partial charge in [0, 0.05) is 18.7 Å². The predicted octanol–water partition coefficient (Wildman–Crippen LogP) is 3.70. The maximum Gasteiger partial charge on any atom is 0.277 e. The third-order valence-electron chi connectivity index (χ3n) is 4.88. The second kappa shape index (κ2) is 8.54. The number of nitrogens with one attached hydrogen (secondary N) is 1. The summed E-state index contributed by atoms with van der Waals surface area (Å²) in [7, 11) is 1.55. The highest BCUT2D eigenvalue weighted by Gasteiger charge is 2.23. The van der Waals surface area contributed by atoms with Gasteiger partial charge in [-0.3, -0.25) is 9.59 Å². The highest BCUT2D eigenvalue weighted by atomic mass is 35.5.